The number of nitrogens with two attached hydrogens (primary N) is 2. The highest BCUT2D eigenvalue weighted by Crippen LogP contribution is 2.50. The third-order valence-corrected chi connectivity index (χ3v) is 28.4. The van der Waals surface area contributed by atoms with Gasteiger partial charge in [-0.3, -0.25) is 47.9 Å². The Bertz CT molecular complexity index is 4680. The SMILES string of the molecule is COc1cc2cc(c1Cl)N(C)C(=O)C[C@H](OC(=O)[C@H](C)N(C)C(=O)CCSSCCOc1ccc(C[C@@H](N)C(=O)N[C@H]3CSSC[C@@H](C(=O)N[C@H](C(=O)O)[C@@H](C)O)NC(=O)[C@H]([C@@H](C)O)NC(=O)[C@H](CCCCN)NC(=O)[C@@H](CC4=CCc5ccccc54)NC(=O)[C@H](Cc4ccc(O)cc4)CC3=O)cc1)[C@]1(C)O[C@H]1[C@H](C)[C@@H]1C[C@@](O)(CC(=O)O1)[C@H](OC)/C=C/C=C(\C)C2. The number of aliphatic hydroxyl groups excluding tert-OH is 2. The number of allylic oxidation sites excluding steroid dienone is 4. The number of esters is 2. The van der Waals surface area contributed by atoms with E-state index in [1.165, 1.54) is 78.6 Å². The number of hydrogen-bond acceptors (Lipinski definition) is 28. The molecule has 33 nitrogen and oxygen atoms in total. The predicted molar refractivity (Wildman–Crippen MR) is 483 cm³/mol. The summed E-state index contributed by atoms with van der Waals surface area (Å²) in [6.07, 6.45) is 0.172. The van der Waals surface area contributed by atoms with Gasteiger partial charge in [-0.1, -0.05) is 140 Å². The van der Waals surface area contributed by atoms with Crippen LogP contribution in [0.4, 0.5) is 5.69 Å². The number of ether oxygens (including phenoxy) is 6. The summed E-state index contributed by atoms with van der Waals surface area (Å²) in [6, 6.07) is 11.7. The van der Waals surface area contributed by atoms with Gasteiger partial charge in [0.25, 0.3) is 0 Å². The molecule has 38 heteroatoms. The molecule has 0 aromatic heterocycles. The number of nitrogens with one attached hydrogen (secondary N) is 6. The number of ketones is 1. The fourth-order valence-electron chi connectivity index (χ4n) is 15.5. The molecule has 0 saturated carbocycles. The lowest BCUT2D eigenvalue weighted by Gasteiger charge is -2.41. The van der Waals surface area contributed by atoms with Crippen molar-refractivity contribution in [3.05, 3.63) is 148 Å². The Morgan fingerprint density at radius 2 is 1.54 bits per heavy atom. The van der Waals surface area contributed by atoms with Crippen LogP contribution in [0.5, 0.6) is 17.2 Å². The number of anilines is 1. The molecule has 5 aliphatic rings. The van der Waals surface area contributed by atoms with Gasteiger partial charge in [0.05, 0.1) is 62.6 Å². The lowest BCUT2D eigenvalue weighted by molar-refractivity contribution is -0.187. The van der Waals surface area contributed by atoms with Crippen LogP contribution < -0.4 is 57.7 Å². The number of fused-ring (bicyclic) bond motifs is 6. The zero-order chi connectivity index (χ0) is 92.7. The lowest BCUT2D eigenvalue weighted by Crippen LogP contribution is -2.62. The zero-order valence-corrected chi connectivity index (χ0v) is 76.7. The van der Waals surface area contributed by atoms with Gasteiger partial charge in [-0.2, -0.15) is 0 Å². The molecule has 1 aliphatic carbocycles. The first-order valence-electron chi connectivity index (χ1n) is 42.1. The first-order chi connectivity index (χ1) is 60.3. The number of hydrogen-bond donors (Lipinski definition) is 13. The van der Waals surface area contributed by atoms with Crippen LogP contribution in [0.2, 0.25) is 5.02 Å². The van der Waals surface area contributed by atoms with E-state index in [0.717, 1.165) is 50.8 Å². The lowest BCUT2D eigenvalue weighted by atomic mass is 9.78. The van der Waals surface area contributed by atoms with Crippen LogP contribution in [0.15, 0.2) is 115 Å². The summed E-state index contributed by atoms with van der Waals surface area (Å²) < 4.78 is 35.9. The van der Waals surface area contributed by atoms with Crippen molar-refractivity contribution in [3.8, 4) is 17.2 Å². The van der Waals surface area contributed by atoms with Crippen LogP contribution in [0.1, 0.15) is 127 Å². The number of methoxy groups -OCH3 is 2. The number of halogens is 1. The Balaban J connectivity index is 0.837. The summed E-state index contributed by atoms with van der Waals surface area (Å²) in [7, 11) is 10.6. The van der Waals surface area contributed by atoms with Gasteiger partial charge in [0, 0.05) is 81.7 Å². The smallest absolute Gasteiger partial charge is 0.328 e. The van der Waals surface area contributed by atoms with Gasteiger partial charge in [0.15, 0.2) is 11.8 Å². The fraction of sp³-hybridized carbons (Fsp3) is 0.528. The number of phenolic OH excluding ortho intramolecular Hbond substituents is 1. The topological polar surface area (TPSA) is 495 Å². The standard InChI is InChI=1S/C89H117ClN10O23S4/c1-48-16-15-20-71(119-10)89(117)44-70(121-75(107)45-89)49(2)79-88(6,123-79)72(43-74(106)100(8)67-39-55(36-48)40-69(118-9)76(67)90)122-87(116)50(3)99(7)73(105)31-34-124-125-35-33-120-60-29-23-54(24-30-60)38-62(92)81(109)95-65-46-126-127-47-66(84(112)98-78(52(5)102)86(114)115)96-85(113)77(51(4)101)97-82(110)63(19-13-14-32-91)93-83(111)64(41-57-26-25-56-17-11-12-18-61(56)57)94-80(108)58(42-68(65)104)37-53-21-27-59(103)28-22-53/h11-12,15-18,20-24,26-30,39-40,49-52,58,62-66,70-72,77-79,101-103,117H,13-14,19,25,31-38,41-47,91-92H2,1-10H3,(H,93,111)(H,94,108)(H,95,109)(H,96,113)(H,97,110)(H,98,112)(H,114,115)/b20-15+,48-16+/t49-,50+,51-,52-,58-,62-,63+,64-,65+,66+,70+,71-,72+,77+,78+,79+,88+,89-/m1/s1. The Morgan fingerprint density at radius 1 is 0.850 bits per heavy atom. The predicted octanol–water partition coefficient (Wildman–Crippen LogP) is 5.32. The monoisotopic (exact) mass is 1860 g/mol. The first kappa shape index (κ1) is 101. The maximum Gasteiger partial charge on any atom is 0.328 e. The Labute approximate surface area is 759 Å². The van der Waals surface area contributed by atoms with E-state index in [4.69, 9.17) is 51.5 Å². The molecule has 3 saturated heterocycles. The molecule has 4 bridgehead atoms. The Morgan fingerprint density at radius 3 is 2.22 bits per heavy atom. The maximum atomic E-state index is 15.2. The molecule has 9 rings (SSSR count). The number of carboxylic acids is 1. The second kappa shape index (κ2) is 47.4. The van der Waals surface area contributed by atoms with Crippen LogP contribution in [-0.4, -0.2) is 262 Å². The minimum atomic E-state index is -1.87. The maximum absolute atomic E-state index is 15.2. The number of epoxide rings is 1. The Hall–Kier alpha value is -9.25. The Kier molecular flexibility index (Phi) is 37.8. The number of carbonyl (C=O) groups is 12. The van der Waals surface area contributed by atoms with Gasteiger partial charge < -0.3 is 107 Å². The van der Waals surface area contributed by atoms with Crippen LogP contribution in [-0.2, 0) is 102 Å². The van der Waals surface area contributed by atoms with E-state index in [1.54, 1.807) is 81.6 Å². The molecule has 4 heterocycles. The average molecular weight is 1860 g/mol. The van der Waals surface area contributed by atoms with E-state index >= 15 is 9.59 Å². The van der Waals surface area contributed by atoms with Crippen LogP contribution in [0, 0.1) is 11.8 Å². The minimum absolute atomic E-state index is 0.0156. The van der Waals surface area contributed by atoms with Crippen LogP contribution in [0.3, 0.4) is 0 Å². The fourth-order valence-corrected chi connectivity index (χ4v) is 20.0. The third-order valence-electron chi connectivity index (χ3n) is 23.2. The average Bonchev–Trinajstić information content (AvgIpc) is 1.57. The molecule has 4 aromatic carbocycles. The van der Waals surface area contributed by atoms with Crippen molar-refractivity contribution in [2.45, 2.75) is 221 Å². The van der Waals surface area contributed by atoms with Gasteiger partial charge in [0.1, 0.15) is 82.0 Å². The van der Waals surface area contributed by atoms with Crippen molar-refractivity contribution in [2.24, 2.45) is 23.3 Å². The number of likely N-dealkylation sites (N-methyl/N-ethyl adjacent to an activating group) is 1. The number of Topliss-reactive ketones (excluding diaryl/α,β-unsaturated/α-hetero) is 1. The molecule has 0 spiro atoms. The van der Waals surface area contributed by atoms with Gasteiger partial charge in [-0.25, -0.2) is 9.59 Å². The number of rotatable bonds is 30. The molecule has 0 unspecified atom stereocenters. The largest absolute Gasteiger partial charge is 0.508 e. The summed E-state index contributed by atoms with van der Waals surface area (Å²) in [5.41, 5.74) is 15.0. The molecule has 0 radical (unpaired) electrons. The molecule has 8 amide bonds. The summed E-state index contributed by atoms with van der Waals surface area (Å²) in [5.74, 6) is -11.1. The number of aliphatic hydroxyl groups is 3. The number of unbranched alkanes of at least 4 members (excludes halogenated alkanes) is 1. The van der Waals surface area contributed by atoms with Gasteiger partial charge in [-0.15, -0.1) is 0 Å². The van der Waals surface area contributed by atoms with Crippen molar-refractivity contribution in [2.75, 3.05) is 69.4 Å². The normalized spacial score (nSPS) is 26.6. The van der Waals surface area contributed by atoms with Gasteiger partial charge >= 0.3 is 17.9 Å². The van der Waals surface area contributed by atoms with Crippen molar-refractivity contribution in [1.29, 1.82) is 0 Å². The highest BCUT2D eigenvalue weighted by molar-refractivity contribution is 8.77. The summed E-state index contributed by atoms with van der Waals surface area (Å²) in [4.78, 5) is 173. The van der Waals surface area contributed by atoms with E-state index < -0.39 is 186 Å². The number of benzene rings is 4. The van der Waals surface area contributed by atoms with E-state index in [2.05, 4.69) is 31.9 Å². The van der Waals surface area contributed by atoms with E-state index in [1.807, 2.05) is 43.3 Å². The van der Waals surface area contributed by atoms with Crippen molar-refractivity contribution < 1.29 is 111 Å². The number of aliphatic carboxylic acids is 1. The molecular formula is C89H117ClN10O23S4. The van der Waals surface area contributed by atoms with E-state index in [-0.39, 0.29) is 92.7 Å². The molecule has 15 N–H and O–H groups in total. The summed E-state index contributed by atoms with van der Waals surface area (Å²) in [5, 5.41) is 69.5. The highest BCUT2D eigenvalue weighted by Gasteiger charge is 2.65. The molecule has 692 valence electrons. The molecule has 4 aliphatic heterocycles. The minimum Gasteiger partial charge on any atom is -0.508 e. The summed E-state index contributed by atoms with van der Waals surface area (Å²) >= 11 is 6.88. The van der Waals surface area contributed by atoms with Crippen LogP contribution >= 0.6 is 54.8 Å². The number of nitrogens with zero attached hydrogens (tertiary/aromatic N) is 2. The third kappa shape index (κ3) is 28.1. The highest BCUT2D eigenvalue weighted by atomic mass is 35.5. The molecule has 3 fully saturated rings. The van der Waals surface area contributed by atoms with E-state index in [0.29, 0.717) is 64.7 Å². The van der Waals surface area contributed by atoms with Crippen LogP contribution in [0.25, 0.3) is 5.57 Å². The quantitative estimate of drug-likeness (QED) is 0.0136. The van der Waals surface area contributed by atoms with Gasteiger partial charge in [0.2, 0.25) is 47.3 Å². The number of carbonyl (C=O) groups excluding carboxylic acids is 11. The summed E-state index contributed by atoms with van der Waals surface area (Å²) in [6.45, 7) is 9.67. The van der Waals surface area contributed by atoms with E-state index in [9.17, 15) is 73.5 Å². The van der Waals surface area contributed by atoms with Crippen molar-refractivity contribution in [3.63, 3.8) is 0 Å². The number of carboxylic acid groups (broad SMARTS) is 1. The molecular weight excluding hydrogens is 1740 g/mol. The number of aromatic hydroxyl groups is 1. The number of amides is 8. The molecule has 18 atom stereocenters. The number of phenols is 1. The molecule has 4 aromatic rings. The zero-order valence-electron chi connectivity index (χ0n) is 72.7. The second-order valence-electron chi connectivity index (χ2n) is 32.8. The second-order valence-corrected chi connectivity index (χ2v) is 38.5. The first-order valence-corrected chi connectivity index (χ1v) is 47.4. The van der Waals surface area contributed by atoms with Gasteiger partial charge in [-0.05, 0) is 156 Å². The molecule has 127 heavy (non-hydrogen) atoms. The van der Waals surface area contributed by atoms with Crippen molar-refractivity contribution in [1.82, 2.24) is 36.8 Å². The van der Waals surface area contributed by atoms with Crippen molar-refractivity contribution >= 4 is 137 Å².